The van der Waals surface area contributed by atoms with Crippen LogP contribution in [0.15, 0.2) is 41.3 Å². The molecule has 0 saturated carbocycles. The van der Waals surface area contributed by atoms with Crippen LogP contribution < -0.4 is 10.9 Å². The van der Waals surface area contributed by atoms with Gasteiger partial charge in [-0.05, 0) is 41.8 Å². The summed E-state index contributed by atoms with van der Waals surface area (Å²) >= 11 is 0. The molecule has 0 aliphatic carbocycles. The predicted octanol–water partition coefficient (Wildman–Crippen LogP) is 2.40. The molecular weight excluding hydrogens is 212 g/mol. The highest BCUT2D eigenvalue weighted by molar-refractivity contribution is 5.67. The van der Waals surface area contributed by atoms with E-state index < -0.39 is 0 Å². The smallest absolute Gasteiger partial charge is 0.250 e. The van der Waals surface area contributed by atoms with Crippen LogP contribution in [0.3, 0.4) is 0 Å². The van der Waals surface area contributed by atoms with E-state index in [0.717, 1.165) is 16.8 Å². The van der Waals surface area contributed by atoms with E-state index in [1.165, 1.54) is 5.56 Å². The molecule has 1 aromatic heterocycles. The summed E-state index contributed by atoms with van der Waals surface area (Å²) in [6, 6.07) is 9.75. The Hall–Kier alpha value is -2.03. The average Bonchev–Trinajstić information content (AvgIpc) is 2.32. The molecule has 0 bridgehead atoms. The summed E-state index contributed by atoms with van der Waals surface area (Å²) in [7, 11) is 3.65. The molecule has 0 atom stereocenters. The van der Waals surface area contributed by atoms with Gasteiger partial charge in [0.15, 0.2) is 0 Å². The molecule has 0 fully saturated rings. The van der Waals surface area contributed by atoms with Gasteiger partial charge in [0, 0.05) is 32.0 Å². The number of aromatic nitrogens is 1. The summed E-state index contributed by atoms with van der Waals surface area (Å²) in [5, 5.41) is 3.13. The molecule has 0 aliphatic heterocycles. The maximum absolute atomic E-state index is 11.6. The Bertz CT molecular complexity index is 599. The standard InChI is InChI=1S/C14H16N2O/c1-10-8-11(4-5-13(10)15-2)12-6-7-16(3)14(17)9-12/h4-9,15H,1-3H3. The molecule has 0 unspecified atom stereocenters. The van der Waals surface area contributed by atoms with Crippen molar-refractivity contribution in [2.45, 2.75) is 6.92 Å². The zero-order valence-electron chi connectivity index (χ0n) is 10.3. The highest BCUT2D eigenvalue weighted by Crippen LogP contribution is 2.23. The van der Waals surface area contributed by atoms with Gasteiger partial charge in [-0.1, -0.05) is 6.07 Å². The van der Waals surface area contributed by atoms with Crippen molar-refractivity contribution in [2.24, 2.45) is 7.05 Å². The lowest BCUT2D eigenvalue weighted by Gasteiger charge is -2.08. The predicted molar refractivity (Wildman–Crippen MR) is 71.4 cm³/mol. The van der Waals surface area contributed by atoms with Gasteiger partial charge in [-0.25, -0.2) is 0 Å². The van der Waals surface area contributed by atoms with E-state index in [0.29, 0.717) is 0 Å². The Morgan fingerprint density at radius 3 is 2.41 bits per heavy atom. The quantitative estimate of drug-likeness (QED) is 0.856. The van der Waals surface area contributed by atoms with Crippen LogP contribution in [0.25, 0.3) is 11.1 Å². The average molecular weight is 228 g/mol. The highest BCUT2D eigenvalue weighted by atomic mass is 16.1. The summed E-state index contributed by atoms with van der Waals surface area (Å²) in [5.74, 6) is 0. The first kappa shape index (κ1) is 11.5. The Morgan fingerprint density at radius 2 is 1.82 bits per heavy atom. The van der Waals surface area contributed by atoms with Gasteiger partial charge in [0.2, 0.25) is 0 Å². The van der Waals surface area contributed by atoms with Crippen LogP contribution in [0.1, 0.15) is 5.56 Å². The van der Waals surface area contributed by atoms with Crippen molar-refractivity contribution < 1.29 is 0 Å². The largest absolute Gasteiger partial charge is 0.388 e. The van der Waals surface area contributed by atoms with Crippen LogP contribution in [0.4, 0.5) is 5.69 Å². The van der Waals surface area contributed by atoms with Gasteiger partial charge in [0.05, 0.1) is 0 Å². The molecule has 0 saturated heterocycles. The van der Waals surface area contributed by atoms with Gasteiger partial charge < -0.3 is 9.88 Å². The van der Waals surface area contributed by atoms with Crippen molar-refractivity contribution in [1.29, 1.82) is 0 Å². The van der Waals surface area contributed by atoms with Gasteiger partial charge >= 0.3 is 0 Å². The molecule has 1 aromatic carbocycles. The topological polar surface area (TPSA) is 34.0 Å². The SMILES string of the molecule is CNc1ccc(-c2ccn(C)c(=O)c2)cc1C. The van der Waals surface area contributed by atoms with Gasteiger partial charge in [-0.3, -0.25) is 4.79 Å². The van der Waals surface area contributed by atoms with Crippen LogP contribution in [0.5, 0.6) is 0 Å². The molecule has 0 aliphatic rings. The summed E-state index contributed by atoms with van der Waals surface area (Å²) < 4.78 is 1.57. The number of benzene rings is 1. The molecule has 0 spiro atoms. The second-order valence-corrected chi connectivity index (χ2v) is 4.14. The van der Waals surface area contributed by atoms with Gasteiger partial charge in [-0.2, -0.15) is 0 Å². The lowest BCUT2D eigenvalue weighted by Crippen LogP contribution is -2.14. The third-order valence-corrected chi connectivity index (χ3v) is 2.93. The van der Waals surface area contributed by atoms with Gasteiger partial charge in [-0.15, -0.1) is 0 Å². The van der Waals surface area contributed by atoms with Crippen LogP contribution in [0, 0.1) is 6.92 Å². The second-order valence-electron chi connectivity index (χ2n) is 4.14. The molecule has 1 N–H and O–H groups in total. The van der Waals surface area contributed by atoms with Crippen LogP contribution in [-0.2, 0) is 7.05 Å². The monoisotopic (exact) mass is 228 g/mol. The molecule has 88 valence electrons. The van der Waals surface area contributed by atoms with E-state index in [9.17, 15) is 4.79 Å². The van der Waals surface area contributed by atoms with E-state index >= 15 is 0 Å². The normalized spacial score (nSPS) is 10.3. The minimum atomic E-state index is 0.0119. The van der Waals surface area contributed by atoms with Crippen molar-refractivity contribution in [3.8, 4) is 11.1 Å². The maximum atomic E-state index is 11.6. The molecule has 0 amide bonds. The molecule has 2 rings (SSSR count). The number of nitrogens with zero attached hydrogens (tertiary/aromatic N) is 1. The summed E-state index contributed by atoms with van der Waals surface area (Å²) in [6.07, 6.45) is 1.79. The highest BCUT2D eigenvalue weighted by Gasteiger charge is 2.02. The lowest BCUT2D eigenvalue weighted by atomic mass is 10.0. The molecular formula is C14H16N2O. The van der Waals surface area contributed by atoms with Crippen molar-refractivity contribution in [3.05, 3.63) is 52.4 Å². The van der Waals surface area contributed by atoms with Crippen molar-refractivity contribution in [3.63, 3.8) is 0 Å². The van der Waals surface area contributed by atoms with Gasteiger partial charge in [0.1, 0.15) is 0 Å². The van der Waals surface area contributed by atoms with E-state index in [1.807, 2.05) is 25.2 Å². The third kappa shape index (κ3) is 2.23. The van der Waals surface area contributed by atoms with Gasteiger partial charge in [0.25, 0.3) is 5.56 Å². The zero-order valence-corrected chi connectivity index (χ0v) is 10.3. The maximum Gasteiger partial charge on any atom is 0.250 e. The summed E-state index contributed by atoms with van der Waals surface area (Å²) in [6.45, 7) is 2.05. The molecule has 17 heavy (non-hydrogen) atoms. The zero-order chi connectivity index (χ0) is 12.4. The van der Waals surface area contributed by atoms with Crippen LogP contribution in [0.2, 0.25) is 0 Å². The summed E-state index contributed by atoms with van der Waals surface area (Å²) in [5.41, 5.74) is 4.32. The summed E-state index contributed by atoms with van der Waals surface area (Å²) in [4.78, 5) is 11.6. The first-order valence-electron chi connectivity index (χ1n) is 5.57. The number of anilines is 1. The molecule has 0 radical (unpaired) electrons. The van der Waals surface area contributed by atoms with Crippen molar-refractivity contribution in [1.82, 2.24) is 4.57 Å². The Kier molecular flexibility index (Phi) is 3.00. The van der Waals surface area contributed by atoms with Crippen LogP contribution >= 0.6 is 0 Å². The molecule has 3 heteroatoms. The number of nitrogens with one attached hydrogen (secondary N) is 1. The van der Waals surface area contributed by atoms with Crippen LogP contribution in [-0.4, -0.2) is 11.6 Å². The molecule has 2 aromatic rings. The Morgan fingerprint density at radius 1 is 1.12 bits per heavy atom. The fraction of sp³-hybridized carbons (Fsp3) is 0.214. The minimum Gasteiger partial charge on any atom is -0.388 e. The fourth-order valence-corrected chi connectivity index (χ4v) is 1.85. The third-order valence-electron chi connectivity index (χ3n) is 2.93. The number of aryl methyl sites for hydroxylation is 2. The lowest BCUT2D eigenvalue weighted by molar-refractivity contribution is 0.861. The first-order chi connectivity index (χ1) is 8.11. The minimum absolute atomic E-state index is 0.0119. The van der Waals surface area contributed by atoms with Crippen molar-refractivity contribution in [2.75, 3.05) is 12.4 Å². The first-order valence-corrected chi connectivity index (χ1v) is 5.57. The number of rotatable bonds is 2. The van der Waals surface area contributed by atoms with Crippen molar-refractivity contribution >= 4 is 5.69 Å². The Labute approximate surface area is 101 Å². The molecule has 3 nitrogen and oxygen atoms in total. The second kappa shape index (κ2) is 4.45. The van der Waals surface area contributed by atoms with E-state index in [2.05, 4.69) is 18.3 Å². The number of pyridine rings is 1. The fourth-order valence-electron chi connectivity index (χ4n) is 1.85. The Balaban J connectivity index is 2.50. The number of hydrogen-bond acceptors (Lipinski definition) is 2. The molecule has 1 heterocycles. The van der Waals surface area contributed by atoms with E-state index in [-0.39, 0.29) is 5.56 Å². The number of hydrogen-bond donors (Lipinski definition) is 1. The van der Waals surface area contributed by atoms with E-state index in [4.69, 9.17) is 0 Å². The van der Waals surface area contributed by atoms with E-state index in [1.54, 1.807) is 23.9 Å².